The molecule has 1 unspecified atom stereocenters. The van der Waals surface area contributed by atoms with Crippen molar-refractivity contribution >= 4 is 27.6 Å². The van der Waals surface area contributed by atoms with Crippen LogP contribution < -0.4 is 10.6 Å². The largest absolute Gasteiger partial charge is 0.393 e. The van der Waals surface area contributed by atoms with E-state index < -0.39 is 0 Å². The number of carbonyl (C=O) groups is 1. The molecule has 100 valence electrons. The summed E-state index contributed by atoms with van der Waals surface area (Å²) in [5.74, 6) is 0. The fraction of sp³-hybridized carbons (Fsp3) is 0.462. The molecule has 0 spiro atoms. The zero-order valence-corrected chi connectivity index (χ0v) is 12.3. The van der Waals surface area contributed by atoms with Crippen LogP contribution in [0.5, 0.6) is 0 Å². The van der Waals surface area contributed by atoms with Crippen molar-refractivity contribution in [3.63, 3.8) is 0 Å². The Morgan fingerprint density at radius 2 is 2.22 bits per heavy atom. The Balaban J connectivity index is 2.43. The normalized spacial score (nSPS) is 12.0. The number of amides is 2. The van der Waals surface area contributed by atoms with Crippen LogP contribution in [0.4, 0.5) is 10.5 Å². The van der Waals surface area contributed by atoms with Crippen LogP contribution in [0.1, 0.15) is 25.3 Å². The number of nitrogens with one attached hydrogen (secondary N) is 2. The van der Waals surface area contributed by atoms with Crippen molar-refractivity contribution in [2.75, 3.05) is 11.9 Å². The minimum atomic E-state index is -0.351. The van der Waals surface area contributed by atoms with Crippen LogP contribution in [-0.4, -0.2) is 23.8 Å². The summed E-state index contributed by atoms with van der Waals surface area (Å²) in [5, 5.41) is 14.8. The van der Waals surface area contributed by atoms with Gasteiger partial charge in [0.15, 0.2) is 0 Å². The third kappa shape index (κ3) is 4.66. The Hall–Kier alpha value is -1.07. The number of anilines is 1. The predicted octanol–water partition coefficient (Wildman–Crippen LogP) is 3.04. The van der Waals surface area contributed by atoms with Gasteiger partial charge in [0, 0.05) is 11.0 Å². The van der Waals surface area contributed by atoms with Crippen molar-refractivity contribution in [2.24, 2.45) is 0 Å². The van der Waals surface area contributed by atoms with Gasteiger partial charge in [0.1, 0.15) is 0 Å². The fourth-order valence-corrected chi connectivity index (χ4v) is 1.83. The average Bonchev–Trinajstić information content (AvgIpc) is 2.34. The van der Waals surface area contributed by atoms with E-state index in [0.717, 1.165) is 15.7 Å². The lowest BCUT2D eigenvalue weighted by Crippen LogP contribution is -2.31. The number of aliphatic hydroxyl groups excluding tert-OH is 1. The number of aryl methyl sites for hydroxylation is 1. The van der Waals surface area contributed by atoms with Crippen LogP contribution in [0.15, 0.2) is 22.7 Å². The van der Waals surface area contributed by atoms with E-state index in [0.29, 0.717) is 19.4 Å². The number of hydrogen-bond acceptors (Lipinski definition) is 2. The molecule has 2 amide bonds. The number of carbonyl (C=O) groups excluding carboxylic acids is 1. The molecule has 0 heterocycles. The summed E-state index contributed by atoms with van der Waals surface area (Å²) >= 11 is 3.43. The molecule has 5 heteroatoms. The Labute approximate surface area is 116 Å². The second-order valence-electron chi connectivity index (χ2n) is 4.17. The zero-order valence-electron chi connectivity index (χ0n) is 10.7. The number of benzene rings is 1. The summed E-state index contributed by atoms with van der Waals surface area (Å²) in [5.41, 5.74) is 1.80. The molecule has 0 fully saturated rings. The third-order valence-electron chi connectivity index (χ3n) is 2.67. The van der Waals surface area contributed by atoms with Gasteiger partial charge in [-0.25, -0.2) is 4.79 Å². The van der Waals surface area contributed by atoms with Crippen LogP contribution in [0.3, 0.4) is 0 Å². The Morgan fingerprint density at radius 1 is 1.50 bits per heavy atom. The molecule has 3 N–H and O–H groups in total. The minimum Gasteiger partial charge on any atom is -0.393 e. The number of aliphatic hydroxyl groups is 1. The maximum atomic E-state index is 11.6. The summed E-state index contributed by atoms with van der Waals surface area (Å²) in [7, 11) is 0. The maximum Gasteiger partial charge on any atom is 0.319 e. The number of hydrogen-bond donors (Lipinski definition) is 3. The van der Waals surface area contributed by atoms with E-state index in [1.165, 1.54) is 0 Å². The first-order chi connectivity index (χ1) is 8.54. The molecule has 0 aliphatic rings. The van der Waals surface area contributed by atoms with Crippen molar-refractivity contribution in [3.05, 3.63) is 28.2 Å². The van der Waals surface area contributed by atoms with Gasteiger partial charge in [0.2, 0.25) is 0 Å². The van der Waals surface area contributed by atoms with Crippen LogP contribution in [0.25, 0.3) is 0 Å². The van der Waals surface area contributed by atoms with Crippen molar-refractivity contribution < 1.29 is 9.90 Å². The Morgan fingerprint density at radius 3 is 2.89 bits per heavy atom. The standard InChI is InChI=1S/C13H19BrN2O2/c1-3-10(17)7-8-15-13(18)16-11-6-4-5-9(2)12(11)14/h4-6,10,17H,3,7-8H2,1-2H3,(H2,15,16,18). The van der Waals surface area contributed by atoms with Crippen molar-refractivity contribution in [2.45, 2.75) is 32.8 Å². The van der Waals surface area contributed by atoms with Gasteiger partial charge in [0.05, 0.1) is 11.8 Å². The molecular formula is C13H19BrN2O2. The highest BCUT2D eigenvalue weighted by molar-refractivity contribution is 9.10. The topological polar surface area (TPSA) is 61.4 Å². The van der Waals surface area contributed by atoms with E-state index >= 15 is 0 Å². The lowest BCUT2D eigenvalue weighted by atomic mass is 10.2. The lowest BCUT2D eigenvalue weighted by molar-refractivity contribution is 0.160. The summed E-state index contributed by atoms with van der Waals surface area (Å²) in [4.78, 5) is 11.6. The fourth-order valence-electron chi connectivity index (χ4n) is 1.47. The van der Waals surface area contributed by atoms with E-state index in [2.05, 4.69) is 26.6 Å². The minimum absolute atomic E-state index is 0.260. The molecule has 0 radical (unpaired) electrons. The summed E-state index contributed by atoms with van der Waals surface area (Å²) in [6.07, 6.45) is 0.919. The first-order valence-electron chi connectivity index (χ1n) is 6.02. The van der Waals surface area contributed by atoms with E-state index in [4.69, 9.17) is 0 Å². The van der Waals surface area contributed by atoms with Gasteiger partial charge in [-0.2, -0.15) is 0 Å². The quantitative estimate of drug-likeness (QED) is 0.782. The molecule has 1 aromatic rings. The van der Waals surface area contributed by atoms with E-state index in [1.807, 2.05) is 32.0 Å². The smallest absolute Gasteiger partial charge is 0.319 e. The highest BCUT2D eigenvalue weighted by Gasteiger charge is 2.07. The van der Waals surface area contributed by atoms with Crippen molar-refractivity contribution in [1.29, 1.82) is 0 Å². The van der Waals surface area contributed by atoms with Gasteiger partial charge in [-0.3, -0.25) is 0 Å². The Bertz CT molecular complexity index is 410. The van der Waals surface area contributed by atoms with Crippen molar-refractivity contribution in [1.82, 2.24) is 5.32 Å². The van der Waals surface area contributed by atoms with Gasteiger partial charge in [-0.05, 0) is 47.3 Å². The highest BCUT2D eigenvalue weighted by Crippen LogP contribution is 2.25. The highest BCUT2D eigenvalue weighted by atomic mass is 79.9. The SMILES string of the molecule is CCC(O)CCNC(=O)Nc1cccc(C)c1Br. The Kier molecular flexibility index (Phi) is 6.15. The molecule has 0 aliphatic carbocycles. The molecule has 0 bridgehead atoms. The van der Waals surface area contributed by atoms with E-state index in [-0.39, 0.29) is 12.1 Å². The predicted molar refractivity (Wildman–Crippen MR) is 76.8 cm³/mol. The molecular weight excluding hydrogens is 296 g/mol. The summed E-state index contributed by atoms with van der Waals surface area (Å²) < 4.78 is 0.883. The second-order valence-corrected chi connectivity index (χ2v) is 4.96. The zero-order chi connectivity index (χ0) is 13.5. The molecule has 0 aliphatic heterocycles. The van der Waals surface area contributed by atoms with Crippen molar-refractivity contribution in [3.8, 4) is 0 Å². The third-order valence-corrected chi connectivity index (χ3v) is 3.73. The molecule has 1 rings (SSSR count). The molecule has 0 aromatic heterocycles. The number of rotatable bonds is 5. The maximum absolute atomic E-state index is 11.6. The molecule has 0 saturated heterocycles. The van der Waals surface area contributed by atoms with Gasteiger partial charge < -0.3 is 15.7 Å². The first-order valence-corrected chi connectivity index (χ1v) is 6.82. The second kappa shape index (κ2) is 7.38. The number of halogens is 1. The molecule has 4 nitrogen and oxygen atoms in total. The van der Waals surface area contributed by atoms with E-state index in [9.17, 15) is 9.90 Å². The monoisotopic (exact) mass is 314 g/mol. The average molecular weight is 315 g/mol. The summed E-state index contributed by atoms with van der Waals surface area (Å²) in [6.45, 7) is 4.34. The molecule has 1 aromatic carbocycles. The van der Waals surface area contributed by atoms with Crippen LogP contribution in [0, 0.1) is 6.92 Å². The van der Waals surface area contributed by atoms with Crippen LogP contribution in [0.2, 0.25) is 0 Å². The van der Waals surface area contributed by atoms with Crippen LogP contribution >= 0.6 is 15.9 Å². The van der Waals surface area contributed by atoms with Gasteiger partial charge in [0.25, 0.3) is 0 Å². The van der Waals surface area contributed by atoms with Crippen LogP contribution in [-0.2, 0) is 0 Å². The summed E-state index contributed by atoms with van der Waals surface area (Å²) in [6, 6.07) is 5.42. The molecule has 0 saturated carbocycles. The molecule has 1 atom stereocenters. The van der Waals surface area contributed by atoms with Gasteiger partial charge in [-0.15, -0.1) is 0 Å². The van der Waals surface area contributed by atoms with Gasteiger partial charge >= 0.3 is 6.03 Å². The first kappa shape index (κ1) is 15.0. The van der Waals surface area contributed by atoms with Gasteiger partial charge in [-0.1, -0.05) is 19.1 Å². The number of urea groups is 1. The van der Waals surface area contributed by atoms with E-state index in [1.54, 1.807) is 0 Å². The molecule has 18 heavy (non-hydrogen) atoms. The lowest BCUT2D eigenvalue weighted by Gasteiger charge is -2.11.